The molecule has 0 aliphatic carbocycles. The Hall–Kier alpha value is -1.60. The molecule has 0 amide bonds. The molecule has 4 heterocycles. The molecule has 0 radical (unpaired) electrons. The minimum absolute atomic E-state index is 0.0589. The van der Waals surface area contributed by atoms with Crippen LogP contribution < -0.4 is 22.5 Å². The first-order valence-corrected chi connectivity index (χ1v) is 14.0. The number of nitrogens with one attached hydrogen (secondary N) is 2. The Morgan fingerprint density at radius 2 is 1.46 bits per heavy atom. The van der Waals surface area contributed by atoms with Crippen molar-refractivity contribution in [1.29, 1.82) is 0 Å². The van der Waals surface area contributed by atoms with Gasteiger partial charge in [0, 0.05) is 25.2 Å². The second-order valence-corrected chi connectivity index (χ2v) is 10.9. The van der Waals surface area contributed by atoms with Gasteiger partial charge in [-0.1, -0.05) is 19.9 Å². The average Bonchev–Trinajstić information content (AvgIpc) is 3.45. The number of halogens is 2. The maximum atomic E-state index is 11.9. The van der Waals surface area contributed by atoms with Crippen molar-refractivity contribution in [3.8, 4) is 0 Å². The molecular formula is C23H30I2N4O8. The number of rotatable bonds is 7. The minimum Gasteiger partial charge on any atom is -0.390 e. The quantitative estimate of drug-likeness (QED) is 0.285. The first kappa shape index (κ1) is 29.9. The van der Waals surface area contributed by atoms with Crippen LogP contribution in [0, 0.1) is 7.14 Å². The van der Waals surface area contributed by atoms with E-state index in [1.165, 1.54) is 21.5 Å². The van der Waals surface area contributed by atoms with Crippen molar-refractivity contribution in [3.63, 3.8) is 0 Å². The number of H-pyrrole nitrogens is 2. The fourth-order valence-electron chi connectivity index (χ4n) is 4.20. The highest BCUT2D eigenvalue weighted by molar-refractivity contribution is 14.1. The van der Waals surface area contributed by atoms with Gasteiger partial charge in [0.1, 0.15) is 12.5 Å². The fourth-order valence-corrected chi connectivity index (χ4v) is 5.07. The summed E-state index contributed by atoms with van der Waals surface area (Å²) in [7, 11) is 0. The zero-order valence-corrected chi connectivity index (χ0v) is 24.7. The molecule has 6 atom stereocenters. The monoisotopic (exact) mass is 744 g/mol. The van der Waals surface area contributed by atoms with E-state index in [0.29, 0.717) is 33.0 Å². The maximum absolute atomic E-state index is 11.9. The van der Waals surface area contributed by atoms with E-state index in [4.69, 9.17) is 14.2 Å². The van der Waals surface area contributed by atoms with E-state index in [0.717, 1.165) is 6.42 Å². The summed E-state index contributed by atoms with van der Waals surface area (Å²) in [6, 6.07) is 0. The predicted molar refractivity (Wildman–Crippen MR) is 152 cm³/mol. The topological polar surface area (TPSA) is 158 Å². The zero-order valence-electron chi connectivity index (χ0n) is 20.4. The summed E-state index contributed by atoms with van der Waals surface area (Å²) in [5.41, 5.74) is -1.75. The van der Waals surface area contributed by atoms with Crippen LogP contribution in [0.3, 0.4) is 0 Å². The summed E-state index contributed by atoms with van der Waals surface area (Å²) in [4.78, 5) is 50.6. The lowest BCUT2D eigenvalue weighted by atomic mass is 10.1. The van der Waals surface area contributed by atoms with Crippen molar-refractivity contribution in [3.05, 3.63) is 73.9 Å². The third kappa shape index (κ3) is 7.29. The van der Waals surface area contributed by atoms with Gasteiger partial charge < -0.3 is 19.3 Å². The number of aromatic nitrogens is 4. The lowest BCUT2D eigenvalue weighted by molar-refractivity contribution is -0.0357. The molecule has 6 unspecified atom stereocenters. The van der Waals surface area contributed by atoms with Crippen LogP contribution in [-0.2, 0) is 14.2 Å². The molecule has 37 heavy (non-hydrogen) atoms. The number of hydrogen-bond donors (Lipinski definition) is 3. The highest BCUT2D eigenvalue weighted by Gasteiger charge is 2.36. The summed E-state index contributed by atoms with van der Waals surface area (Å²) >= 11 is 3.74. The number of hydrogen-bond acceptors (Lipinski definition) is 8. The lowest BCUT2D eigenvalue weighted by Gasteiger charge is -2.16. The first-order chi connectivity index (χ1) is 17.6. The number of ether oxygens (including phenoxy) is 3. The predicted octanol–water partition coefficient (Wildman–Crippen LogP) is 1.61. The van der Waals surface area contributed by atoms with Crippen LogP contribution in [0.2, 0.25) is 0 Å². The van der Waals surface area contributed by atoms with Gasteiger partial charge in [-0.15, -0.1) is 6.58 Å². The molecule has 2 aromatic heterocycles. The maximum Gasteiger partial charge on any atom is 0.330 e. The molecule has 2 aliphatic heterocycles. The third-order valence-corrected chi connectivity index (χ3v) is 7.62. The van der Waals surface area contributed by atoms with Crippen molar-refractivity contribution >= 4 is 45.2 Å². The van der Waals surface area contributed by atoms with Crippen molar-refractivity contribution in [1.82, 2.24) is 19.1 Å². The van der Waals surface area contributed by atoms with Gasteiger partial charge in [0.2, 0.25) is 0 Å². The molecular weight excluding hydrogens is 714 g/mol. The summed E-state index contributed by atoms with van der Waals surface area (Å²) in [6.07, 6.45) is 5.23. The molecule has 204 valence electrons. The average molecular weight is 744 g/mol. The van der Waals surface area contributed by atoms with Gasteiger partial charge in [-0.3, -0.25) is 28.7 Å². The van der Waals surface area contributed by atoms with E-state index in [-0.39, 0.29) is 23.9 Å². The van der Waals surface area contributed by atoms with Crippen molar-refractivity contribution < 1.29 is 19.3 Å². The number of aromatic amines is 2. The molecule has 12 nitrogen and oxygen atoms in total. The van der Waals surface area contributed by atoms with Crippen LogP contribution in [0.1, 0.15) is 52.0 Å². The Morgan fingerprint density at radius 1 is 0.973 bits per heavy atom. The second kappa shape index (κ2) is 13.5. The molecule has 0 bridgehead atoms. The Labute approximate surface area is 239 Å². The first-order valence-electron chi connectivity index (χ1n) is 11.8. The van der Waals surface area contributed by atoms with Crippen LogP contribution in [0.5, 0.6) is 0 Å². The molecule has 2 aliphatic rings. The Balaban J connectivity index is 0.000000208. The third-order valence-electron chi connectivity index (χ3n) is 6.09. The fraction of sp³-hybridized carbons (Fsp3) is 0.565. The summed E-state index contributed by atoms with van der Waals surface area (Å²) in [5, 5.41) is 9.72. The minimum atomic E-state index is -0.568. The van der Waals surface area contributed by atoms with Gasteiger partial charge in [-0.2, -0.15) is 0 Å². The van der Waals surface area contributed by atoms with E-state index >= 15 is 0 Å². The molecule has 0 saturated carbocycles. The van der Waals surface area contributed by atoms with E-state index in [9.17, 15) is 24.3 Å². The largest absolute Gasteiger partial charge is 0.390 e. The number of aliphatic hydroxyl groups is 1. The lowest BCUT2D eigenvalue weighted by Crippen LogP contribution is -2.33. The van der Waals surface area contributed by atoms with Crippen LogP contribution in [0.15, 0.2) is 44.2 Å². The molecule has 0 spiro atoms. The molecule has 0 aromatic carbocycles. The molecule has 2 aromatic rings. The normalized spacial score (nSPS) is 27.1. The summed E-state index contributed by atoms with van der Waals surface area (Å²) < 4.78 is 20.7. The summed E-state index contributed by atoms with van der Waals surface area (Å²) in [5.74, 6) is 0. The smallest absolute Gasteiger partial charge is 0.330 e. The molecule has 2 fully saturated rings. The van der Waals surface area contributed by atoms with E-state index in [1.807, 2.05) is 59.0 Å². The number of nitrogens with zero attached hydrogens (tertiary/aromatic N) is 2. The Bertz CT molecular complexity index is 1320. The standard InChI is InChI=1S/C13H17IN2O4.C10H13IN2O4/c1-3-5-19-10-6-11(20-9(10)4-2)16-7-8(14)12(17)15-13(16)18;1-2-7-6(14)3-8(17-7)13-4-5(11)9(15)12-10(13)16/h3,7,9-11H,1,4-6H2,2H3,(H,15,17,18);4,6-8,14H,2-3H2,1H3,(H,12,15,16). The molecule has 14 heteroatoms. The van der Waals surface area contributed by atoms with Gasteiger partial charge in [0.15, 0.2) is 0 Å². The van der Waals surface area contributed by atoms with Gasteiger partial charge >= 0.3 is 11.4 Å². The van der Waals surface area contributed by atoms with Crippen LogP contribution in [-0.4, -0.2) is 55.2 Å². The Morgan fingerprint density at radius 3 is 1.92 bits per heavy atom. The molecule has 3 N–H and O–H groups in total. The number of aliphatic hydroxyl groups excluding tert-OH is 1. The van der Waals surface area contributed by atoms with Crippen LogP contribution in [0.4, 0.5) is 0 Å². The highest BCUT2D eigenvalue weighted by atomic mass is 127. The highest BCUT2D eigenvalue weighted by Crippen LogP contribution is 2.31. The van der Waals surface area contributed by atoms with Gasteiger partial charge in [0.25, 0.3) is 11.1 Å². The van der Waals surface area contributed by atoms with Gasteiger partial charge in [0.05, 0.1) is 38.2 Å². The van der Waals surface area contributed by atoms with E-state index in [2.05, 4.69) is 16.5 Å². The summed E-state index contributed by atoms with van der Waals surface area (Å²) in [6.45, 7) is 8.00. The van der Waals surface area contributed by atoms with Crippen molar-refractivity contribution in [2.45, 2.75) is 76.4 Å². The van der Waals surface area contributed by atoms with Gasteiger partial charge in [-0.05, 0) is 58.0 Å². The Kier molecular flexibility index (Phi) is 10.9. The molecule has 4 rings (SSSR count). The van der Waals surface area contributed by atoms with E-state index < -0.39 is 35.5 Å². The van der Waals surface area contributed by atoms with Crippen molar-refractivity contribution in [2.75, 3.05) is 6.61 Å². The zero-order chi connectivity index (χ0) is 27.3. The van der Waals surface area contributed by atoms with E-state index in [1.54, 1.807) is 6.08 Å². The second-order valence-electron chi connectivity index (χ2n) is 8.56. The van der Waals surface area contributed by atoms with Gasteiger partial charge in [-0.25, -0.2) is 9.59 Å². The van der Waals surface area contributed by atoms with Crippen LogP contribution >= 0.6 is 45.2 Å². The SMILES string of the molecule is C=CCOC1CC(n2cc(I)c(=O)[nH]c2=O)OC1CC.CCC1OC(n2cc(I)c(=O)[nH]c2=O)CC1O. The molecule has 2 saturated heterocycles. The van der Waals surface area contributed by atoms with Crippen molar-refractivity contribution in [2.24, 2.45) is 0 Å². The van der Waals surface area contributed by atoms with Crippen LogP contribution in [0.25, 0.3) is 0 Å².